The van der Waals surface area contributed by atoms with Gasteiger partial charge in [0, 0.05) is 10.6 Å². The van der Waals surface area contributed by atoms with Crippen molar-refractivity contribution < 1.29 is 9.53 Å². The van der Waals surface area contributed by atoms with E-state index in [-0.39, 0.29) is 5.91 Å². The van der Waals surface area contributed by atoms with E-state index >= 15 is 0 Å². The summed E-state index contributed by atoms with van der Waals surface area (Å²) in [5, 5.41) is 3.50. The molecule has 2 rings (SSSR count). The summed E-state index contributed by atoms with van der Waals surface area (Å²) in [7, 11) is 0. The van der Waals surface area contributed by atoms with E-state index in [1.165, 1.54) is 0 Å². The third-order valence-electron chi connectivity index (χ3n) is 2.86. The van der Waals surface area contributed by atoms with Gasteiger partial charge in [0.2, 0.25) is 0 Å². The average Bonchev–Trinajstić information content (AvgIpc) is 2.46. The van der Waals surface area contributed by atoms with Gasteiger partial charge in [-0.2, -0.15) is 0 Å². The van der Waals surface area contributed by atoms with Gasteiger partial charge < -0.3 is 10.1 Å². The molecule has 0 atom stereocenters. The maximum absolute atomic E-state index is 11.9. The van der Waals surface area contributed by atoms with Crippen molar-refractivity contribution in [3.8, 4) is 5.75 Å². The van der Waals surface area contributed by atoms with Gasteiger partial charge in [0.25, 0.3) is 5.91 Å². The van der Waals surface area contributed by atoms with E-state index in [2.05, 4.69) is 5.32 Å². The second kappa shape index (κ2) is 6.96. The quantitative estimate of drug-likeness (QED) is 0.856. The number of rotatable bonds is 5. The minimum atomic E-state index is -0.0807. The zero-order valence-corrected chi connectivity index (χ0v) is 12.0. The number of carbonyl (C=O) groups excluding carboxylic acids is 1. The summed E-state index contributed by atoms with van der Waals surface area (Å²) in [5.74, 6) is 0.655. The van der Waals surface area contributed by atoms with Gasteiger partial charge in [0.15, 0.2) is 0 Å². The van der Waals surface area contributed by atoms with Gasteiger partial charge in [-0.25, -0.2) is 0 Å². The van der Waals surface area contributed by atoms with E-state index in [0.29, 0.717) is 23.7 Å². The molecule has 0 fully saturated rings. The molecule has 0 aliphatic carbocycles. The van der Waals surface area contributed by atoms with Crippen LogP contribution in [0, 0.1) is 6.92 Å². The molecule has 3 nitrogen and oxygen atoms in total. The number of ether oxygens (including phenoxy) is 1. The van der Waals surface area contributed by atoms with E-state index in [1.54, 1.807) is 24.3 Å². The number of hydrogen-bond acceptors (Lipinski definition) is 2. The van der Waals surface area contributed by atoms with E-state index < -0.39 is 0 Å². The van der Waals surface area contributed by atoms with Crippen LogP contribution in [0.1, 0.15) is 15.9 Å². The molecule has 1 N–H and O–H groups in total. The first-order valence-corrected chi connectivity index (χ1v) is 6.77. The molecule has 104 valence electrons. The Morgan fingerprint density at radius 2 is 1.85 bits per heavy atom. The van der Waals surface area contributed by atoms with Gasteiger partial charge >= 0.3 is 0 Å². The predicted molar refractivity (Wildman–Crippen MR) is 80.5 cm³/mol. The van der Waals surface area contributed by atoms with Crippen molar-refractivity contribution in [2.75, 3.05) is 13.2 Å². The van der Waals surface area contributed by atoms with Crippen molar-refractivity contribution in [2.45, 2.75) is 6.92 Å². The first-order valence-electron chi connectivity index (χ1n) is 6.39. The van der Waals surface area contributed by atoms with Crippen LogP contribution in [0.15, 0.2) is 48.5 Å². The highest BCUT2D eigenvalue weighted by molar-refractivity contribution is 6.30. The number of nitrogens with one attached hydrogen (secondary N) is 1. The zero-order valence-electron chi connectivity index (χ0n) is 11.2. The SMILES string of the molecule is Cc1ccccc1C(=O)NCCOc1ccc(Cl)cc1. The summed E-state index contributed by atoms with van der Waals surface area (Å²) < 4.78 is 5.50. The van der Waals surface area contributed by atoms with Gasteiger partial charge in [-0.05, 0) is 42.8 Å². The van der Waals surface area contributed by atoms with Crippen molar-refractivity contribution >= 4 is 17.5 Å². The zero-order chi connectivity index (χ0) is 14.4. The largest absolute Gasteiger partial charge is 0.492 e. The average molecular weight is 290 g/mol. The van der Waals surface area contributed by atoms with Crippen molar-refractivity contribution in [1.82, 2.24) is 5.32 Å². The van der Waals surface area contributed by atoms with E-state index in [1.807, 2.05) is 31.2 Å². The number of benzene rings is 2. The molecule has 0 aliphatic heterocycles. The van der Waals surface area contributed by atoms with Crippen LogP contribution < -0.4 is 10.1 Å². The molecule has 1 amide bonds. The molecule has 2 aromatic carbocycles. The Balaban J connectivity index is 1.77. The third kappa shape index (κ3) is 4.00. The lowest BCUT2D eigenvalue weighted by atomic mass is 10.1. The molecule has 4 heteroatoms. The second-order valence-corrected chi connectivity index (χ2v) is 4.81. The smallest absolute Gasteiger partial charge is 0.251 e. The van der Waals surface area contributed by atoms with Crippen molar-refractivity contribution in [3.63, 3.8) is 0 Å². The topological polar surface area (TPSA) is 38.3 Å². The summed E-state index contributed by atoms with van der Waals surface area (Å²) in [6.07, 6.45) is 0. The number of halogens is 1. The fraction of sp³-hybridized carbons (Fsp3) is 0.188. The van der Waals surface area contributed by atoms with Crippen LogP contribution in [0.4, 0.5) is 0 Å². The molecule has 0 bridgehead atoms. The van der Waals surface area contributed by atoms with Crippen LogP contribution in [-0.2, 0) is 0 Å². The Kier molecular flexibility index (Phi) is 5.02. The summed E-state index contributed by atoms with van der Waals surface area (Å²) in [6, 6.07) is 14.6. The Hall–Kier alpha value is -2.00. The highest BCUT2D eigenvalue weighted by atomic mass is 35.5. The third-order valence-corrected chi connectivity index (χ3v) is 3.11. The molecule has 2 aromatic rings. The van der Waals surface area contributed by atoms with Crippen molar-refractivity contribution in [2.24, 2.45) is 0 Å². The number of carbonyl (C=O) groups is 1. The van der Waals surface area contributed by atoms with Crippen molar-refractivity contribution in [3.05, 3.63) is 64.7 Å². The lowest BCUT2D eigenvalue weighted by Crippen LogP contribution is -2.28. The minimum Gasteiger partial charge on any atom is -0.492 e. The molecular weight excluding hydrogens is 274 g/mol. The summed E-state index contributed by atoms with van der Waals surface area (Å²) in [6.45, 7) is 2.79. The lowest BCUT2D eigenvalue weighted by molar-refractivity contribution is 0.0946. The maximum Gasteiger partial charge on any atom is 0.251 e. The molecule has 0 saturated heterocycles. The Morgan fingerprint density at radius 3 is 2.55 bits per heavy atom. The standard InChI is InChI=1S/C16H16ClNO2/c1-12-4-2-3-5-15(12)16(19)18-10-11-20-14-8-6-13(17)7-9-14/h2-9H,10-11H2,1H3,(H,18,19). The fourth-order valence-corrected chi connectivity index (χ4v) is 1.91. The minimum absolute atomic E-state index is 0.0807. The normalized spacial score (nSPS) is 10.1. The maximum atomic E-state index is 11.9. The van der Waals surface area contributed by atoms with E-state index in [9.17, 15) is 4.79 Å². The van der Waals surface area contributed by atoms with Gasteiger partial charge in [0.05, 0.1) is 6.54 Å². The van der Waals surface area contributed by atoms with Crippen LogP contribution >= 0.6 is 11.6 Å². The van der Waals surface area contributed by atoms with Gasteiger partial charge in [-0.3, -0.25) is 4.79 Å². The van der Waals surface area contributed by atoms with Crippen LogP contribution in [0.25, 0.3) is 0 Å². The number of hydrogen-bond donors (Lipinski definition) is 1. The molecule has 0 spiro atoms. The summed E-state index contributed by atoms with van der Waals surface area (Å²) in [4.78, 5) is 11.9. The van der Waals surface area contributed by atoms with Crippen molar-refractivity contribution in [1.29, 1.82) is 0 Å². The van der Waals surface area contributed by atoms with Crippen LogP contribution in [0.5, 0.6) is 5.75 Å². The molecule has 0 radical (unpaired) electrons. The number of amides is 1. The lowest BCUT2D eigenvalue weighted by Gasteiger charge is -2.09. The van der Waals surface area contributed by atoms with Gasteiger partial charge in [-0.1, -0.05) is 29.8 Å². The molecule has 0 aliphatic rings. The molecule has 0 unspecified atom stereocenters. The molecule has 0 aromatic heterocycles. The number of aryl methyl sites for hydroxylation is 1. The predicted octanol–water partition coefficient (Wildman–Crippen LogP) is 3.46. The first kappa shape index (κ1) is 14.4. The molecular formula is C16H16ClNO2. The van der Waals surface area contributed by atoms with Crippen LogP contribution in [0.3, 0.4) is 0 Å². The Bertz CT molecular complexity index is 581. The van der Waals surface area contributed by atoms with Gasteiger partial charge in [0.1, 0.15) is 12.4 Å². The molecule has 0 heterocycles. The first-order chi connectivity index (χ1) is 9.66. The highest BCUT2D eigenvalue weighted by Crippen LogP contribution is 2.15. The molecule has 20 heavy (non-hydrogen) atoms. The second-order valence-electron chi connectivity index (χ2n) is 4.37. The Morgan fingerprint density at radius 1 is 1.15 bits per heavy atom. The molecule has 0 saturated carbocycles. The highest BCUT2D eigenvalue weighted by Gasteiger charge is 2.06. The van der Waals surface area contributed by atoms with E-state index in [4.69, 9.17) is 16.3 Å². The summed E-state index contributed by atoms with van der Waals surface area (Å²) in [5.41, 5.74) is 1.66. The van der Waals surface area contributed by atoms with Gasteiger partial charge in [-0.15, -0.1) is 0 Å². The van der Waals surface area contributed by atoms with Crippen LogP contribution in [0.2, 0.25) is 5.02 Å². The Labute approximate surface area is 123 Å². The monoisotopic (exact) mass is 289 g/mol. The van der Waals surface area contributed by atoms with E-state index in [0.717, 1.165) is 11.3 Å². The summed E-state index contributed by atoms with van der Waals surface area (Å²) >= 11 is 5.78. The fourth-order valence-electron chi connectivity index (χ4n) is 1.79. The van der Waals surface area contributed by atoms with Crippen LogP contribution in [-0.4, -0.2) is 19.1 Å².